The van der Waals surface area contributed by atoms with E-state index in [1.807, 2.05) is 38.2 Å². The summed E-state index contributed by atoms with van der Waals surface area (Å²) in [6.45, 7) is 4.92. The molecular weight excluding hydrogens is 304 g/mol. The normalized spacial score (nSPS) is 15.2. The van der Waals surface area contributed by atoms with Crippen LogP contribution in [0.3, 0.4) is 0 Å². The minimum atomic E-state index is 0. The zero-order valence-corrected chi connectivity index (χ0v) is 14.2. The monoisotopic (exact) mass is 328 g/mol. The Kier molecular flexibility index (Phi) is 7.48. The lowest BCUT2D eigenvalue weighted by molar-refractivity contribution is -0.136. The predicted octanol–water partition coefficient (Wildman–Crippen LogP) is 1.81. The average molecular weight is 329 g/mol. The number of ether oxygens (including phenoxy) is 2. The van der Waals surface area contributed by atoms with Gasteiger partial charge >= 0.3 is 0 Å². The minimum absolute atomic E-state index is 0. The molecule has 1 unspecified atom stereocenters. The van der Waals surface area contributed by atoms with Crippen LogP contribution in [0.15, 0.2) is 24.3 Å². The first-order valence-electron chi connectivity index (χ1n) is 7.35. The lowest BCUT2D eigenvalue weighted by atomic mass is 9.88. The van der Waals surface area contributed by atoms with Crippen LogP contribution >= 0.6 is 12.4 Å². The van der Waals surface area contributed by atoms with Gasteiger partial charge in [-0.25, -0.2) is 0 Å². The van der Waals surface area contributed by atoms with E-state index in [0.29, 0.717) is 30.6 Å². The van der Waals surface area contributed by atoms with Crippen LogP contribution in [0, 0.1) is 11.8 Å². The highest BCUT2D eigenvalue weighted by molar-refractivity contribution is 5.85. The standard InChI is InChI=1S/C16H24N2O3.ClH/c1-12(13-10-17-11-13)16(19)18(2)8-9-21-15-7-5-4-6-14(15)20-3;/h4-7,12-13,17H,8-11H2,1-3H3;1H. The first-order chi connectivity index (χ1) is 10.1. The van der Waals surface area contributed by atoms with Crippen LogP contribution in [0.1, 0.15) is 6.92 Å². The summed E-state index contributed by atoms with van der Waals surface area (Å²) in [6, 6.07) is 7.52. The Morgan fingerprint density at radius 2 is 2.00 bits per heavy atom. The van der Waals surface area contributed by atoms with E-state index in [9.17, 15) is 4.79 Å². The van der Waals surface area contributed by atoms with E-state index in [2.05, 4.69) is 5.32 Å². The molecular formula is C16H25ClN2O3. The summed E-state index contributed by atoms with van der Waals surface area (Å²) in [5.41, 5.74) is 0. The summed E-state index contributed by atoms with van der Waals surface area (Å²) in [7, 11) is 3.45. The molecule has 1 aromatic rings. The van der Waals surface area contributed by atoms with Crippen molar-refractivity contribution in [2.45, 2.75) is 6.92 Å². The van der Waals surface area contributed by atoms with E-state index in [1.165, 1.54) is 0 Å². The molecule has 0 bridgehead atoms. The molecule has 0 spiro atoms. The molecule has 22 heavy (non-hydrogen) atoms. The van der Waals surface area contributed by atoms with Gasteiger partial charge in [0.15, 0.2) is 11.5 Å². The number of hydrogen-bond acceptors (Lipinski definition) is 4. The highest BCUT2D eigenvalue weighted by Crippen LogP contribution is 2.25. The number of likely N-dealkylation sites (N-methyl/N-ethyl adjacent to an activating group) is 1. The smallest absolute Gasteiger partial charge is 0.225 e. The topological polar surface area (TPSA) is 50.8 Å². The Balaban J connectivity index is 0.00000242. The molecule has 1 aliphatic heterocycles. The molecule has 1 heterocycles. The lowest BCUT2D eigenvalue weighted by Gasteiger charge is -2.33. The molecule has 6 heteroatoms. The van der Waals surface area contributed by atoms with Crippen molar-refractivity contribution >= 4 is 18.3 Å². The highest BCUT2D eigenvalue weighted by Gasteiger charge is 2.30. The second-order valence-corrected chi connectivity index (χ2v) is 5.47. The van der Waals surface area contributed by atoms with E-state index in [0.717, 1.165) is 13.1 Å². The summed E-state index contributed by atoms with van der Waals surface area (Å²) in [4.78, 5) is 14.0. The average Bonchev–Trinajstić information content (AvgIpc) is 2.44. The number of para-hydroxylation sites is 2. The van der Waals surface area contributed by atoms with Crippen LogP contribution in [-0.4, -0.2) is 51.2 Å². The van der Waals surface area contributed by atoms with E-state index < -0.39 is 0 Å². The third-order valence-electron chi connectivity index (χ3n) is 4.04. The first-order valence-corrected chi connectivity index (χ1v) is 7.35. The predicted molar refractivity (Wildman–Crippen MR) is 88.9 cm³/mol. The molecule has 0 radical (unpaired) electrons. The third kappa shape index (κ3) is 4.52. The van der Waals surface area contributed by atoms with Crippen LogP contribution < -0.4 is 14.8 Å². The largest absolute Gasteiger partial charge is 0.493 e. The molecule has 5 nitrogen and oxygen atoms in total. The fourth-order valence-electron chi connectivity index (χ4n) is 2.35. The van der Waals surface area contributed by atoms with Gasteiger partial charge in [-0.05, 0) is 31.1 Å². The zero-order chi connectivity index (χ0) is 15.2. The Morgan fingerprint density at radius 3 is 2.55 bits per heavy atom. The van der Waals surface area contributed by atoms with Gasteiger partial charge in [-0.3, -0.25) is 4.79 Å². The minimum Gasteiger partial charge on any atom is -0.493 e. The van der Waals surface area contributed by atoms with Gasteiger partial charge in [0, 0.05) is 13.0 Å². The van der Waals surface area contributed by atoms with Gasteiger partial charge in [0.25, 0.3) is 0 Å². The van der Waals surface area contributed by atoms with Gasteiger partial charge < -0.3 is 19.7 Å². The highest BCUT2D eigenvalue weighted by atomic mass is 35.5. The van der Waals surface area contributed by atoms with Gasteiger partial charge in [0.05, 0.1) is 13.7 Å². The van der Waals surface area contributed by atoms with Crippen LogP contribution in [0.5, 0.6) is 11.5 Å². The van der Waals surface area contributed by atoms with Gasteiger partial charge in [-0.15, -0.1) is 12.4 Å². The quantitative estimate of drug-likeness (QED) is 0.829. The van der Waals surface area contributed by atoms with Crippen molar-refractivity contribution in [1.82, 2.24) is 10.2 Å². The lowest BCUT2D eigenvalue weighted by Crippen LogP contribution is -2.50. The Labute approximate surface area is 138 Å². The zero-order valence-electron chi connectivity index (χ0n) is 13.4. The number of rotatable bonds is 7. The van der Waals surface area contributed by atoms with E-state index >= 15 is 0 Å². The first kappa shape index (κ1) is 18.6. The second kappa shape index (κ2) is 8.86. The molecule has 1 atom stereocenters. The molecule has 1 N–H and O–H groups in total. The number of methoxy groups -OCH3 is 1. The van der Waals surface area contributed by atoms with Gasteiger partial charge in [0.2, 0.25) is 5.91 Å². The summed E-state index contributed by atoms with van der Waals surface area (Å²) in [5, 5.41) is 3.20. The summed E-state index contributed by atoms with van der Waals surface area (Å²) in [6.07, 6.45) is 0. The summed E-state index contributed by atoms with van der Waals surface area (Å²) in [5.74, 6) is 2.14. The maximum absolute atomic E-state index is 12.3. The molecule has 1 aromatic carbocycles. The van der Waals surface area contributed by atoms with Crippen LogP contribution in [0.25, 0.3) is 0 Å². The number of carbonyl (C=O) groups excluding carboxylic acids is 1. The van der Waals surface area contributed by atoms with Crippen LogP contribution in [0.4, 0.5) is 0 Å². The van der Waals surface area contributed by atoms with Crippen LogP contribution in [-0.2, 0) is 4.79 Å². The van der Waals surface area contributed by atoms with Crippen molar-refractivity contribution in [3.05, 3.63) is 24.3 Å². The molecule has 1 saturated heterocycles. The maximum Gasteiger partial charge on any atom is 0.225 e. The van der Waals surface area contributed by atoms with Gasteiger partial charge in [-0.1, -0.05) is 19.1 Å². The number of hydrogen-bond donors (Lipinski definition) is 1. The molecule has 1 aliphatic rings. The van der Waals surface area contributed by atoms with Crippen molar-refractivity contribution in [1.29, 1.82) is 0 Å². The molecule has 0 aromatic heterocycles. The molecule has 1 fully saturated rings. The number of nitrogens with zero attached hydrogens (tertiary/aromatic N) is 1. The SMILES string of the molecule is COc1ccccc1OCCN(C)C(=O)C(C)C1CNC1.Cl. The van der Waals surface area contributed by atoms with Crippen molar-refractivity contribution < 1.29 is 14.3 Å². The van der Waals surface area contributed by atoms with E-state index in [4.69, 9.17) is 9.47 Å². The molecule has 0 aliphatic carbocycles. The second-order valence-electron chi connectivity index (χ2n) is 5.47. The Morgan fingerprint density at radius 1 is 1.36 bits per heavy atom. The Hall–Kier alpha value is -1.46. The number of amides is 1. The van der Waals surface area contributed by atoms with Crippen molar-refractivity contribution in [3.63, 3.8) is 0 Å². The number of nitrogens with one attached hydrogen (secondary N) is 1. The fraction of sp³-hybridized carbons (Fsp3) is 0.562. The van der Waals surface area contributed by atoms with Gasteiger partial charge in [-0.2, -0.15) is 0 Å². The number of halogens is 1. The molecule has 0 saturated carbocycles. The maximum atomic E-state index is 12.3. The summed E-state index contributed by atoms with van der Waals surface area (Å²) >= 11 is 0. The Bertz CT molecular complexity index is 480. The molecule has 1 amide bonds. The number of benzene rings is 1. The van der Waals surface area contributed by atoms with Crippen molar-refractivity contribution in [3.8, 4) is 11.5 Å². The van der Waals surface area contributed by atoms with E-state index in [1.54, 1.807) is 12.0 Å². The fourth-order valence-corrected chi connectivity index (χ4v) is 2.35. The number of carbonyl (C=O) groups is 1. The molecule has 124 valence electrons. The van der Waals surface area contributed by atoms with E-state index in [-0.39, 0.29) is 24.2 Å². The van der Waals surface area contributed by atoms with Gasteiger partial charge in [0.1, 0.15) is 6.61 Å². The van der Waals surface area contributed by atoms with Crippen molar-refractivity contribution in [2.24, 2.45) is 11.8 Å². The molecule has 2 rings (SSSR count). The van der Waals surface area contributed by atoms with Crippen molar-refractivity contribution in [2.75, 3.05) is 40.4 Å². The summed E-state index contributed by atoms with van der Waals surface area (Å²) < 4.78 is 10.9. The third-order valence-corrected chi connectivity index (χ3v) is 4.04. The van der Waals surface area contributed by atoms with Crippen LogP contribution in [0.2, 0.25) is 0 Å².